The van der Waals surface area contributed by atoms with Crippen molar-refractivity contribution in [3.8, 4) is 6.07 Å². The summed E-state index contributed by atoms with van der Waals surface area (Å²) in [6.45, 7) is 0.973. The van der Waals surface area contributed by atoms with Crippen LogP contribution in [0.25, 0.3) is 0 Å². The van der Waals surface area contributed by atoms with Crippen molar-refractivity contribution in [1.82, 2.24) is 10.3 Å². The first kappa shape index (κ1) is 18.6. The molecule has 0 aromatic rings. The van der Waals surface area contributed by atoms with Gasteiger partial charge in [-0.1, -0.05) is 18.3 Å². The van der Waals surface area contributed by atoms with Crippen molar-refractivity contribution >= 4 is 11.9 Å². The number of rotatable bonds is 8. The number of likely N-dealkylation sites (tertiary alicyclic amines) is 1. The Bertz CT molecular complexity index is 488. The number of guanidine groups is 1. The average molecular weight is 325 g/mol. The van der Waals surface area contributed by atoms with Gasteiger partial charge in [-0.2, -0.15) is 5.26 Å². The zero-order valence-corrected chi connectivity index (χ0v) is 13.0. The van der Waals surface area contributed by atoms with E-state index in [0.29, 0.717) is 32.4 Å². The second-order valence-electron chi connectivity index (χ2n) is 5.41. The molecule has 1 aliphatic rings. The fourth-order valence-electron chi connectivity index (χ4n) is 2.48. The van der Waals surface area contributed by atoms with Gasteiger partial charge in [0.1, 0.15) is 6.04 Å². The third kappa shape index (κ3) is 6.48. The molecule has 5 N–H and O–H groups in total. The monoisotopic (exact) mass is 325 g/mol. The van der Waals surface area contributed by atoms with E-state index in [1.807, 2.05) is 0 Å². The van der Waals surface area contributed by atoms with Gasteiger partial charge in [-0.3, -0.25) is 4.79 Å². The van der Waals surface area contributed by atoms with Gasteiger partial charge in [0.2, 0.25) is 5.91 Å². The van der Waals surface area contributed by atoms with Gasteiger partial charge < -0.3 is 16.4 Å². The Labute approximate surface area is 134 Å². The van der Waals surface area contributed by atoms with Crippen LogP contribution >= 0.6 is 0 Å². The van der Waals surface area contributed by atoms with Crippen molar-refractivity contribution in [1.29, 1.82) is 5.26 Å². The standard InChI is InChI=1S/C13H23N7O3/c14-9-10-5-4-8-19(10)12(21)11(15)6-2-1-3-7-17-13(16)18-20(22)23/h10-11H,1-8,15H2,(H3,16,17,18). The molecule has 2 unspecified atom stereocenters. The number of aliphatic imine (C=N–C) groups is 1. The maximum atomic E-state index is 12.2. The maximum Gasteiger partial charge on any atom is 0.251 e. The summed E-state index contributed by atoms with van der Waals surface area (Å²) in [6, 6.07) is 1.19. The highest BCUT2D eigenvalue weighted by atomic mass is 16.7. The molecule has 0 aliphatic carbocycles. The Morgan fingerprint density at radius 1 is 1.52 bits per heavy atom. The van der Waals surface area contributed by atoms with Crippen LogP contribution in [0.2, 0.25) is 0 Å². The lowest BCUT2D eigenvalue weighted by molar-refractivity contribution is -0.525. The van der Waals surface area contributed by atoms with E-state index in [1.165, 1.54) is 0 Å². The number of nitrogens with one attached hydrogen (secondary N) is 1. The molecule has 1 rings (SSSR count). The number of amides is 1. The first-order valence-electron chi connectivity index (χ1n) is 7.62. The topological polar surface area (TPSA) is 164 Å². The Hall–Kier alpha value is -2.41. The van der Waals surface area contributed by atoms with Crippen molar-refractivity contribution in [2.45, 2.75) is 50.6 Å². The van der Waals surface area contributed by atoms with Gasteiger partial charge in [0.25, 0.3) is 5.96 Å². The third-order valence-corrected chi connectivity index (χ3v) is 3.66. The largest absolute Gasteiger partial charge is 0.365 e. The van der Waals surface area contributed by atoms with E-state index in [2.05, 4.69) is 11.1 Å². The van der Waals surface area contributed by atoms with Crippen LogP contribution in [-0.4, -0.2) is 47.0 Å². The predicted molar refractivity (Wildman–Crippen MR) is 83.4 cm³/mol. The first-order valence-corrected chi connectivity index (χ1v) is 7.62. The van der Waals surface area contributed by atoms with Crippen LogP contribution in [0.4, 0.5) is 0 Å². The van der Waals surface area contributed by atoms with Crippen molar-refractivity contribution in [2.24, 2.45) is 16.5 Å². The zero-order chi connectivity index (χ0) is 17.2. The number of nitriles is 1. The number of hydrogen-bond donors (Lipinski definition) is 3. The molecule has 1 aliphatic heterocycles. The number of nitrogens with zero attached hydrogens (tertiary/aromatic N) is 4. The van der Waals surface area contributed by atoms with E-state index in [4.69, 9.17) is 16.7 Å². The lowest BCUT2D eigenvalue weighted by Crippen LogP contribution is -2.45. The van der Waals surface area contributed by atoms with Crippen molar-refractivity contribution < 1.29 is 9.83 Å². The summed E-state index contributed by atoms with van der Waals surface area (Å²) in [6.07, 6.45) is 4.33. The van der Waals surface area contributed by atoms with E-state index < -0.39 is 11.1 Å². The Balaban J connectivity index is 2.19. The molecular formula is C13H23N7O3. The van der Waals surface area contributed by atoms with Gasteiger partial charge in [-0.05, 0) is 25.7 Å². The van der Waals surface area contributed by atoms with Gasteiger partial charge >= 0.3 is 0 Å². The molecule has 0 radical (unpaired) electrons. The summed E-state index contributed by atoms with van der Waals surface area (Å²) in [4.78, 5) is 27.6. The summed E-state index contributed by atoms with van der Waals surface area (Å²) < 4.78 is 0. The lowest BCUT2D eigenvalue weighted by atomic mass is 10.1. The van der Waals surface area contributed by atoms with Gasteiger partial charge in [0, 0.05) is 13.1 Å². The van der Waals surface area contributed by atoms with Crippen LogP contribution in [0.5, 0.6) is 0 Å². The number of carbonyl (C=O) groups is 1. The third-order valence-electron chi connectivity index (χ3n) is 3.66. The minimum absolute atomic E-state index is 0.161. The molecule has 0 aromatic carbocycles. The second kappa shape index (κ2) is 9.58. The number of nitrogens with two attached hydrogens (primary N) is 2. The summed E-state index contributed by atoms with van der Waals surface area (Å²) >= 11 is 0. The van der Waals surface area contributed by atoms with Gasteiger partial charge in [-0.25, -0.2) is 15.1 Å². The molecule has 0 aromatic heterocycles. The van der Waals surface area contributed by atoms with Crippen LogP contribution in [0, 0.1) is 21.4 Å². The molecule has 0 spiro atoms. The number of hydrogen-bond acceptors (Lipinski definition) is 6. The molecule has 10 nitrogen and oxygen atoms in total. The Kier molecular flexibility index (Phi) is 7.76. The van der Waals surface area contributed by atoms with Crippen molar-refractivity contribution in [3.63, 3.8) is 0 Å². The quantitative estimate of drug-likeness (QED) is 0.178. The van der Waals surface area contributed by atoms with Crippen LogP contribution in [-0.2, 0) is 4.79 Å². The molecule has 1 amide bonds. The maximum absolute atomic E-state index is 12.2. The van der Waals surface area contributed by atoms with E-state index in [9.17, 15) is 14.9 Å². The predicted octanol–water partition coefficient (Wildman–Crippen LogP) is -0.515. The summed E-state index contributed by atoms with van der Waals surface area (Å²) in [7, 11) is 0. The lowest BCUT2D eigenvalue weighted by Gasteiger charge is -2.23. The van der Waals surface area contributed by atoms with E-state index in [-0.39, 0.29) is 17.9 Å². The van der Waals surface area contributed by atoms with Crippen LogP contribution in [0.15, 0.2) is 4.99 Å². The fourth-order valence-corrected chi connectivity index (χ4v) is 2.48. The van der Waals surface area contributed by atoms with Crippen molar-refractivity contribution in [3.05, 3.63) is 10.1 Å². The van der Waals surface area contributed by atoms with Gasteiger partial charge in [-0.15, -0.1) is 0 Å². The first-order chi connectivity index (χ1) is 11.0. The molecule has 2 atom stereocenters. The minimum atomic E-state index is -0.768. The van der Waals surface area contributed by atoms with E-state index >= 15 is 0 Å². The molecule has 0 saturated carbocycles. The highest BCUT2D eigenvalue weighted by Gasteiger charge is 2.31. The SMILES string of the molecule is N#CC1CCCN1C(=O)C(N)CCCCCN=C(N)N[N+](=O)[O-]. The Morgan fingerprint density at radius 3 is 2.91 bits per heavy atom. The zero-order valence-electron chi connectivity index (χ0n) is 13.0. The molecule has 1 fully saturated rings. The highest BCUT2D eigenvalue weighted by molar-refractivity contribution is 5.82. The smallest absolute Gasteiger partial charge is 0.251 e. The van der Waals surface area contributed by atoms with Gasteiger partial charge in [0.15, 0.2) is 5.03 Å². The molecular weight excluding hydrogens is 302 g/mol. The second-order valence-corrected chi connectivity index (χ2v) is 5.41. The number of carbonyl (C=O) groups excluding carboxylic acids is 1. The number of hydrazine groups is 1. The molecule has 10 heteroatoms. The van der Waals surface area contributed by atoms with Crippen LogP contribution < -0.4 is 16.9 Å². The summed E-state index contributed by atoms with van der Waals surface area (Å²) in [5.74, 6) is -0.384. The van der Waals surface area contributed by atoms with Crippen LogP contribution in [0.1, 0.15) is 38.5 Å². The number of nitro groups is 1. The fraction of sp³-hybridized carbons (Fsp3) is 0.769. The minimum Gasteiger partial charge on any atom is -0.365 e. The van der Waals surface area contributed by atoms with E-state index in [1.54, 1.807) is 10.3 Å². The van der Waals surface area contributed by atoms with Crippen molar-refractivity contribution in [2.75, 3.05) is 13.1 Å². The molecule has 1 saturated heterocycles. The normalized spacial score (nSPS) is 19.2. The Morgan fingerprint density at radius 2 is 2.26 bits per heavy atom. The van der Waals surface area contributed by atoms with Gasteiger partial charge in [0.05, 0.1) is 12.1 Å². The molecule has 1 heterocycles. The summed E-state index contributed by atoms with van der Waals surface area (Å²) in [5.41, 5.74) is 12.9. The molecule has 128 valence electrons. The van der Waals surface area contributed by atoms with Crippen LogP contribution in [0.3, 0.4) is 0 Å². The highest BCUT2D eigenvalue weighted by Crippen LogP contribution is 2.18. The van der Waals surface area contributed by atoms with E-state index in [0.717, 1.165) is 19.3 Å². The molecule has 23 heavy (non-hydrogen) atoms. The summed E-state index contributed by atoms with van der Waals surface area (Å²) in [5, 5.41) is 18.3. The molecule has 0 bridgehead atoms. The number of unbranched alkanes of at least 4 members (excludes halogenated alkanes) is 2. The average Bonchev–Trinajstić information content (AvgIpc) is 2.97.